The number of allylic oxidation sites excluding steroid dienone is 3. The molecule has 0 saturated heterocycles. The first-order valence-electron chi connectivity index (χ1n) is 3.21. The second kappa shape index (κ2) is 6.94. The molecule has 0 aromatic heterocycles. The van der Waals surface area contributed by atoms with Crippen LogP contribution < -0.4 is 0 Å². The molecule has 0 rings (SSSR count). The summed E-state index contributed by atoms with van der Waals surface area (Å²) in [6, 6.07) is 1.45. The van der Waals surface area contributed by atoms with Crippen molar-refractivity contribution in [1.29, 1.82) is 5.26 Å². The predicted octanol–water partition coefficient (Wildman–Crippen LogP) is 3.26. The monoisotopic (exact) mass is 159 g/mol. The summed E-state index contributed by atoms with van der Waals surface area (Å²) in [4.78, 5) is 0. The van der Waals surface area contributed by atoms with Crippen LogP contribution in [0.5, 0.6) is 0 Å². The van der Waals surface area contributed by atoms with Gasteiger partial charge in [0, 0.05) is 0 Å². The Balaban J connectivity index is 0. The van der Waals surface area contributed by atoms with Gasteiger partial charge in [0.25, 0.3) is 0 Å². The Hall–Kier alpha value is -1.17. The number of hydrogen-bond acceptors (Lipinski definition) is 1. The molecule has 0 aromatic rings. The fraction of sp³-hybridized carbons (Fsp3) is 0.375. The number of nitrogens with zero attached hydrogens (tertiary/aromatic N) is 1. The minimum absolute atomic E-state index is 0.289. The molecule has 0 aliphatic rings. The van der Waals surface area contributed by atoms with Crippen molar-refractivity contribution in [3.63, 3.8) is 0 Å². The van der Waals surface area contributed by atoms with Gasteiger partial charge < -0.3 is 0 Å². The lowest BCUT2D eigenvalue weighted by molar-refractivity contribution is 0.543. The summed E-state index contributed by atoms with van der Waals surface area (Å²) in [6.45, 7) is 7.85. The van der Waals surface area contributed by atoms with Crippen LogP contribution in [-0.2, 0) is 0 Å². The summed E-state index contributed by atoms with van der Waals surface area (Å²) in [5.41, 5.74) is -0.289. The summed E-state index contributed by atoms with van der Waals surface area (Å²) in [5, 5.41) is 8.00. The Kier molecular flexibility index (Phi) is 7.89. The summed E-state index contributed by atoms with van der Waals surface area (Å²) in [5.74, 6) is -2.37. The molecule has 0 radical (unpaired) electrons. The van der Waals surface area contributed by atoms with Crippen molar-refractivity contribution in [3.05, 3.63) is 23.8 Å². The highest BCUT2D eigenvalue weighted by Crippen LogP contribution is 2.14. The van der Waals surface area contributed by atoms with Crippen LogP contribution in [-0.4, -0.2) is 0 Å². The smallest absolute Gasteiger partial charge is 0.171 e. The van der Waals surface area contributed by atoms with E-state index in [9.17, 15) is 8.78 Å². The third-order valence-electron chi connectivity index (χ3n) is 0.735. The average molecular weight is 159 g/mol. The van der Waals surface area contributed by atoms with E-state index in [0.717, 1.165) is 0 Å². The molecule has 0 fully saturated rings. The summed E-state index contributed by atoms with van der Waals surface area (Å²) in [6.07, 6.45) is 0. The largest absolute Gasteiger partial charge is 0.204 e. The van der Waals surface area contributed by atoms with Crippen molar-refractivity contribution in [3.8, 4) is 6.07 Å². The maximum atomic E-state index is 12.1. The molecule has 0 aliphatic carbocycles. The maximum Gasteiger partial charge on any atom is 0.171 e. The molecule has 0 aromatic carbocycles. The van der Waals surface area contributed by atoms with Crippen molar-refractivity contribution in [2.45, 2.75) is 20.8 Å². The van der Waals surface area contributed by atoms with Gasteiger partial charge in [-0.2, -0.15) is 5.26 Å². The Morgan fingerprint density at radius 1 is 1.36 bits per heavy atom. The molecular weight excluding hydrogens is 148 g/mol. The molecule has 0 saturated carbocycles. The van der Waals surface area contributed by atoms with Crippen LogP contribution in [0.2, 0.25) is 0 Å². The lowest BCUT2D eigenvalue weighted by Crippen LogP contribution is -1.77. The van der Waals surface area contributed by atoms with E-state index in [2.05, 4.69) is 6.58 Å². The van der Waals surface area contributed by atoms with Gasteiger partial charge in [-0.1, -0.05) is 20.4 Å². The van der Waals surface area contributed by atoms with E-state index in [4.69, 9.17) is 5.26 Å². The van der Waals surface area contributed by atoms with Crippen LogP contribution in [0.25, 0.3) is 0 Å². The Labute approximate surface area is 65.6 Å². The van der Waals surface area contributed by atoms with E-state index in [0.29, 0.717) is 0 Å². The number of halogens is 2. The van der Waals surface area contributed by atoms with Crippen LogP contribution in [0.3, 0.4) is 0 Å². The van der Waals surface area contributed by atoms with Crippen LogP contribution >= 0.6 is 0 Å². The lowest BCUT2D eigenvalue weighted by Gasteiger charge is -1.88. The van der Waals surface area contributed by atoms with Gasteiger partial charge in [0.15, 0.2) is 11.7 Å². The van der Waals surface area contributed by atoms with Gasteiger partial charge in [-0.05, 0) is 6.92 Å². The second-order valence-electron chi connectivity index (χ2n) is 1.46. The Morgan fingerprint density at radius 3 is 1.82 bits per heavy atom. The van der Waals surface area contributed by atoms with Crippen LogP contribution in [0.4, 0.5) is 8.78 Å². The molecule has 62 valence electrons. The molecule has 0 spiro atoms. The fourth-order valence-corrected chi connectivity index (χ4v) is 0.253. The zero-order valence-electron chi connectivity index (χ0n) is 6.91. The van der Waals surface area contributed by atoms with Gasteiger partial charge in [-0.15, -0.1) is 0 Å². The fourth-order valence-electron chi connectivity index (χ4n) is 0.253. The zero-order valence-corrected chi connectivity index (χ0v) is 6.91. The molecule has 1 nitrogen and oxygen atoms in total. The normalized spacial score (nSPS) is 10.2. The Morgan fingerprint density at radius 2 is 1.73 bits per heavy atom. The lowest BCUT2D eigenvalue weighted by atomic mass is 10.3. The van der Waals surface area contributed by atoms with Crippen LogP contribution in [0.1, 0.15) is 20.8 Å². The molecule has 11 heavy (non-hydrogen) atoms. The first-order chi connectivity index (χ1) is 5.09. The van der Waals surface area contributed by atoms with E-state index in [1.54, 1.807) is 0 Å². The standard InChI is InChI=1S/C6H5F2N.C2H6/c1-4(3-9)6(8)5(2)7;1-2/h2H2,1H3;1-2H3/b6-4-;. The zero-order chi connectivity index (χ0) is 9.44. The molecular formula is C8H11F2N. The highest BCUT2D eigenvalue weighted by atomic mass is 19.2. The minimum Gasteiger partial charge on any atom is -0.204 e. The van der Waals surface area contributed by atoms with Gasteiger partial charge in [0.1, 0.15) is 0 Å². The molecule has 0 atom stereocenters. The quantitative estimate of drug-likeness (QED) is 0.425. The number of nitriles is 1. The molecule has 0 aliphatic heterocycles. The van der Waals surface area contributed by atoms with Crippen molar-refractivity contribution in [2.75, 3.05) is 0 Å². The average Bonchev–Trinajstić information content (AvgIpc) is 2.05. The van der Waals surface area contributed by atoms with Gasteiger partial charge in [0.05, 0.1) is 11.6 Å². The van der Waals surface area contributed by atoms with E-state index < -0.39 is 11.7 Å². The van der Waals surface area contributed by atoms with Crippen LogP contribution in [0, 0.1) is 11.3 Å². The second-order valence-corrected chi connectivity index (χ2v) is 1.46. The third kappa shape index (κ3) is 5.28. The van der Waals surface area contributed by atoms with Crippen molar-refractivity contribution < 1.29 is 8.78 Å². The van der Waals surface area contributed by atoms with Crippen molar-refractivity contribution >= 4 is 0 Å². The topological polar surface area (TPSA) is 23.8 Å². The molecule has 0 amide bonds. The van der Waals surface area contributed by atoms with E-state index in [1.165, 1.54) is 13.0 Å². The SMILES string of the molecule is C=C(F)/C(F)=C(\C)C#N.CC. The molecule has 0 N–H and O–H groups in total. The summed E-state index contributed by atoms with van der Waals surface area (Å²) >= 11 is 0. The summed E-state index contributed by atoms with van der Waals surface area (Å²) in [7, 11) is 0. The minimum atomic E-state index is -1.20. The van der Waals surface area contributed by atoms with E-state index in [-0.39, 0.29) is 5.57 Å². The van der Waals surface area contributed by atoms with Crippen molar-refractivity contribution in [1.82, 2.24) is 0 Å². The van der Waals surface area contributed by atoms with Gasteiger partial charge >= 0.3 is 0 Å². The first-order valence-corrected chi connectivity index (χ1v) is 3.21. The molecule has 3 heteroatoms. The predicted molar refractivity (Wildman–Crippen MR) is 41.0 cm³/mol. The molecule has 0 unspecified atom stereocenters. The number of rotatable bonds is 1. The highest BCUT2D eigenvalue weighted by Gasteiger charge is 2.03. The van der Waals surface area contributed by atoms with Gasteiger partial charge in [0.2, 0.25) is 0 Å². The van der Waals surface area contributed by atoms with Crippen LogP contribution in [0.15, 0.2) is 23.8 Å². The van der Waals surface area contributed by atoms with E-state index in [1.807, 2.05) is 13.8 Å². The highest BCUT2D eigenvalue weighted by molar-refractivity contribution is 5.30. The van der Waals surface area contributed by atoms with Gasteiger partial charge in [-0.3, -0.25) is 0 Å². The summed E-state index contributed by atoms with van der Waals surface area (Å²) < 4.78 is 23.9. The first kappa shape index (κ1) is 12.5. The van der Waals surface area contributed by atoms with Gasteiger partial charge in [-0.25, -0.2) is 8.78 Å². The molecule has 0 bridgehead atoms. The third-order valence-corrected chi connectivity index (χ3v) is 0.735. The van der Waals surface area contributed by atoms with Crippen molar-refractivity contribution in [2.24, 2.45) is 0 Å². The molecule has 0 heterocycles. The maximum absolute atomic E-state index is 12.1. The number of hydrogen-bond donors (Lipinski definition) is 0. The Bertz CT molecular complexity index is 199. The van der Waals surface area contributed by atoms with E-state index >= 15 is 0 Å².